The lowest BCUT2D eigenvalue weighted by atomic mass is 9.99. The van der Waals surface area contributed by atoms with Crippen LogP contribution in [0.1, 0.15) is 70.7 Å². The molecule has 0 radical (unpaired) electrons. The van der Waals surface area contributed by atoms with Gasteiger partial charge in [-0.3, -0.25) is 9.59 Å². The maximum absolute atomic E-state index is 14.3. The number of ether oxygens (including phenoxy) is 2. The normalized spacial score (nSPS) is 13.6. The van der Waals surface area contributed by atoms with Crippen LogP contribution >= 0.6 is 11.8 Å². The molecule has 0 heterocycles. The highest BCUT2D eigenvalue weighted by atomic mass is 32.2. The van der Waals surface area contributed by atoms with Crippen LogP contribution < -0.4 is 10.6 Å². The summed E-state index contributed by atoms with van der Waals surface area (Å²) >= 11 is 1.50. The van der Waals surface area contributed by atoms with Gasteiger partial charge in [-0.05, 0) is 78.0 Å². The summed E-state index contributed by atoms with van der Waals surface area (Å²) in [5.41, 5.74) is 0.634. The summed E-state index contributed by atoms with van der Waals surface area (Å²) in [5, 5.41) is 15.6. The van der Waals surface area contributed by atoms with Gasteiger partial charge in [0, 0.05) is 13.0 Å². The van der Waals surface area contributed by atoms with Gasteiger partial charge in [-0.1, -0.05) is 60.2 Å². The van der Waals surface area contributed by atoms with Crippen LogP contribution in [0.25, 0.3) is 0 Å². The van der Waals surface area contributed by atoms with Gasteiger partial charge in [0.2, 0.25) is 11.8 Å². The summed E-state index contributed by atoms with van der Waals surface area (Å²) in [6, 6.07) is 13.0. The Bertz CT molecular complexity index is 1260. The Morgan fingerprint density at radius 1 is 0.867 bits per heavy atom. The van der Waals surface area contributed by atoms with Gasteiger partial charge >= 0.3 is 12.1 Å². The number of rotatable bonds is 14. The quantitative estimate of drug-likeness (QED) is 0.255. The molecule has 3 unspecified atom stereocenters. The number of esters is 1. The van der Waals surface area contributed by atoms with Gasteiger partial charge in [-0.15, -0.1) is 0 Å². The number of hydrogen-bond acceptors (Lipinski definition) is 8. The van der Waals surface area contributed by atoms with E-state index in [1.165, 1.54) is 16.7 Å². The zero-order chi connectivity index (χ0) is 33.8. The Morgan fingerprint density at radius 3 is 2.00 bits per heavy atom. The average Bonchev–Trinajstić information content (AvgIpc) is 2.94. The van der Waals surface area contributed by atoms with Crippen molar-refractivity contribution in [3.63, 3.8) is 0 Å². The van der Waals surface area contributed by atoms with Crippen molar-refractivity contribution in [3.05, 3.63) is 71.3 Å². The van der Waals surface area contributed by atoms with Crippen LogP contribution in [0.2, 0.25) is 0 Å². The SMILES string of the molecule is CSCCC(NC(=O)OC(C)(C)C)C(=O)N(CCO)C(C(=O)NC(Cc1ccccc1)C(=O)OC(C)(C)C)c1ccc(C)cc1. The van der Waals surface area contributed by atoms with Crippen LogP contribution in [0.15, 0.2) is 54.6 Å². The predicted octanol–water partition coefficient (Wildman–Crippen LogP) is 4.57. The number of aliphatic hydroxyl groups is 1. The van der Waals surface area contributed by atoms with Crippen LogP contribution in [0.4, 0.5) is 4.79 Å². The van der Waals surface area contributed by atoms with E-state index < -0.39 is 59.8 Å². The number of nitrogens with one attached hydrogen (secondary N) is 2. The van der Waals surface area contributed by atoms with Gasteiger partial charge in [0.25, 0.3) is 0 Å². The third kappa shape index (κ3) is 13.1. The summed E-state index contributed by atoms with van der Waals surface area (Å²) < 4.78 is 11.1. The number of nitrogens with zero attached hydrogens (tertiary/aromatic N) is 1. The minimum absolute atomic E-state index is 0.159. The molecule has 0 aromatic heterocycles. The van der Waals surface area contributed by atoms with Crippen molar-refractivity contribution < 1.29 is 33.8 Å². The molecule has 3 amide bonds. The van der Waals surface area contributed by atoms with Crippen molar-refractivity contribution >= 4 is 35.6 Å². The fourth-order valence-electron chi connectivity index (χ4n) is 4.51. The van der Waals surface area contributed by atoms with Gasteiger partial charge in [0.15, 0.2) is 0 Å². The van der Waals surface area contributed by atoms with Crippen molar-refractivity contribution in [3.8, 4) is 0 Å². The second-order valence-corrected chi connectivity index (χ2v) is 13.8. The van der Waals surface area contributed by atoms with E-state index in [0.29, 0.717) is 11.3 Å². The molecule has 45 heavy (non-hydrogen) atoms. The first kappa shape index (κ1) is 37.6. The highest BCUT2D eigenvalue weighted by Crippen LogP contribution is 2.25. The lowest BCUT2D eigenvalue weighted by Gasteiger charge is -2.35. The molecule has 3 atom stereocenters. The molecule has 0 spiro atoms. The standard InChI is InChI=1S/C34H49N3O7S/c1-23-14-16-25(17-15-23)28(29(39)35-27(31(41)43-33(2,3)4)22-24-12-10-9-11-13-24)37(19-20-38)30(40)26(18-21-45-8)36-32(42)44-34(5,6)7/h9-17,26-28,38H,18-22H2,1-8H3,(H,35,39)(H,36,42). The maximum atomic E-state index is 14.3. The van der Waals surface area contributed by atoms with E-state index in [9.17, 15) is 24.3 Å². The van der Waals surface area contributed by atoms with Gasteiger partial charge in [-0.2, -0.15) is 11.8 Å². The largest absolute Gasteiger partial charge is 0.458 e. The average molecular weight is 644 g/mol. The van der Waals surface area contributed by atoms with E-state index in [4.69, 9.17) is 9.47 Å². The minimum Gasteiger partial charge on any atom is -0.458 e. The molecule has 0 aliphatic carbocycles. The Morgan fingerprint density at radius 2 is 1.47 bits per heavy atom. The predicted molar refractivity (Wildman–Crippen MR) is 177 cm³/mol. The Kier molecular flexibility index (Phi) is 14.4. The molecule has 2 rings (SSSR count). The number of carbonyl (C=O) groups excluding carboxylic acids is 4. The molecule has 3 N–H and O–H groups in total. The molecule has 0 saturated carbocycles. The fourth-order valence-corrected chi connectivity index (χ4v) is 4.98. The molecule has 0 fully saturated rings. The van der Waals surface area contributed by atoms with E-state index in [-0.39, 0.29) is 19.4 Å². The van der Waals surface area contributed by atoms with Crippen LogP contribution in [0, 0.1) is 6.92 Å². The minimum atomic E-state index is -1.23. The molecular formula is C34H49N3O7S. The summed E-state index contributed by atoms with van der Waals surface area (Å²) in [6.45, 7) is 11.7. The van der Waals surface area contributed by atoms with E-state index in [2.05, 4.69) is 10.6 Å². The number of benzene rings is 2. The number of carbonyl (C=O) groups is 4. The van der Waals surface area contributed by atoms with E-state index >= 15 is 0 Å². The number of alkyl carbamates (subject to hydrolysis) is 1. The van der Waals surface area contributed by atoms with E-state index in [1.807, 2.05) is 55.6 Å². The highest BCUT2D eigenvalue weighted by molar-refractivity contribution is 7.98. The summed E-state index contributed by atoms with van der Waals surface area (Å²) in [4.78, 5) is 55.8. The Hall–Kier alpha value is -3.57. The number of thioether (sulfide) groups is 1. The number of aliphatic hydroxyl groups excluding tert-OH is 1. The van der Waals surface area contributed by atoms with Crippen molar-refractivity contribution in [2.24, 2.45) is 0 Å². The molecule has 248 valence electrons. The number of hydrogen-bond donors (Lipinski definition) is 3. The van der Waals surface area contributed by atoms with Gasteiger partial charge < -0.3 is 30.1 Å². The zero-order valence-corrected chi connectivity index (χ0v) is 28.5. The van der Waals surface area contributed by atoms with Crippen molar-refractivity contribution in [2.45, 2.75) is 90.6 Å². The van der Waals surface area contributed by atoms with Crippen LogP contribution in [-0.2, 0) is 30.3 Å². The van der Waals surface area contributed by atoms with Crippen LogP contribution in [-0.4, -0.2) is 82.3 Å². The van der Waals surface area contributed by atoms with Crippen molar-refractivity contribution in [2.75, 3.05) is 25.2 Å². The summed E-state index contributed by atoms with van der Waals surface area (Å²) in [5.74, 6) is -1.28. The maximum Gasteiger partial charge on any atom is 0.408 e. The summed E-state index contributed by atoms with van der Waals surface area (Å²) in [7, 11) is 0. The first-order chi connectivity index (χ1) is 21.0. The zero-order valence-electron chi connectivity index (χ0n) is 27.7. The third-order valence-electron chi connectivity index (χ3n) is 6.47. The van der Waals surface area contributed by atoms with Crippen LogP contribution in [0.3, 0.4) is 0 Å². The van der Waals surface area contributed by atoms with Crippen molar-refractivity contribution in [1.82, 2.24) is 15.5 Å². The molecule has 0 bridgehead atoms. The lowest BCUT2D eigenvalue weighted by molar-refractivity contribution is -0.159. The second-order valence-electron chi connectivity index (χ2n) is 12.8. The molecule has 2 aromatic carbocycles. The van der Waals surface area contributed by atoms with E-state index in [1.54, 1.807) is 53.7 Å². The Labute approximate surface area is 271 Å². The molecule has 0 aliphatic heterocycles. The molecule has 0 aliphatic rings. The highest BCUT2D eigenvalue weighted by Gasteiger charge is 2.38. The summed E-state index contributed by atoms with van der Waals surface area (Å²) in [6.07, 6.45) is 1.53. The number of amides is 3. The first-order valence-electron chi connectivity index (χ1n) is 15.1. The van der Waals surface area contributed by atoms with Gasteiger partial charge in [-0.25, -0.2) is 9.59 Å². The van der Waals surface area contributed by atoms with Gasteiger partial charge in [0.05, 0.1) is 6.61 Å². The second kappa shape index (κ2) is 17.2. The lowest BCUT2D eigenvalue weighted by Crippen LogP contribution is -2.55. The van der Waals surface area contributed by atoms with Gasteiger partial charge in [0.1, 0.15) is 29.3 Å². The molecule has 2 aromatic rings. The molecular weight excluding hydrogens is 594 g/mol. The third-order valence-corrected chi connectivity index (χ3v) is 7.11. The van der Waals surface area contributed by atoms with Crippen molar-refractivity contribution in [1.29, 1.82) is 0 Å². The van der Waals surface area contributed by atoms with E-state index in [0.717, 1.165) is 11.1 Å². The fraction of sp³-hybridized carbons (Fsp3) is 0.529. The topological polar surface area (TPSA) is 134 Å². The monoisotopic (exact) mass is 643 g/mol. The number of aryl methyl sites for hydroxylation is 1. The molecule has 10 nitrogen and oxygen atoms in total. The first-order valence-corrected chi connectivity index (χ1v) is 16.5. The molecule has 11 heteroatoms. The molecule has 0 saturated heterocycles. The van der Waals surface area contributed by atoms with Crippen LogP contribution in [0.5, 0.6) is 0 Å². The Balaban J connectivity index is 2.55. The smallest absolute Gasteiger partial charge is 0.408 e.